The van der Waals surface area contributed by atoms with E-state index in [0.717, 1.165) is 22.9 Å². The lowest BCUT2D eigenvalue weighted by molar-refractivity contribution is 0.0478. The molecule has 21 heavy (non-hydrogen) atoms. The first-order valence-electron chi connectivity index (χ1n) is 6.94. The molecule has 1 fully saturated rings. The number of benzene rings is 1. The second-order valence-corrected chi connectivity index (χ2v) is 6.28. The Hall–Kier alpha value is -1.79. The summed E-state index contributed by atoms with van der Waals surface area (Å²) in [4.78, 5) is 14.9. The zero-order valence-corrected chi connectivity index (χ0v) is 12.7. The van der Waals surface area contributed by atoms with Gasteiger partial charge in [-0.2, -0.15) is 0 Å². The molecule has 0 spiro atoms. The maximum atomic E-state index is 12.6. The van der Waals surface area contributed by atoms with Gasteiger partial charge >= 0.3 is 0 Å². The summed E-state index contributed by atoms with van der Waals surface area (Å²) in [5.41, 5.74) is 6.65. The molecule has 1 unspecified atom stereocenters. The number of piperidine rings is 1. The molecule has 0 aliphatic carbocycles. The Labute approximate surface area is 126 Å². The number of carbonyl (C=O) groups is 1. The second-order valence-electron chi connectivity index (χ2n) is 5.23. The van der Waals surface area contributed by atoms with Crippen LogP contribution in [0.3, 0.4) is 0 Å². The molecule has 5 nitrogen and oxygen atoms in total. The smallest absolute Gasteiger partial charge is 0.266 e. The largest absolute Gasteiger partial charge is 0.496 e. The number of hydrogen-bond acceptors (Lipinski definition) is 5. The molecule has 1 amide bonds. The number of fused-ring (bicyclic) bond motifs is 1. The fourth-order valence-electron chi connectivity index (χ4n) is 2.75. The second kappa shape index (κ2) is 5.54. The summed E-state index contributed by atoms with van der Waals surface area (Å²) in [7, 11) is 1.59. The van der Waals surface area contributed by atoms with Crippen molar-refractivity contribution in [2.45, 2.75) is 18.9 Å². The van der Waals surface area contributed by atoms with Crippen LogP contribution in [0.1, 0.15) is 22.5 Å². The van der Waals surface area contributed by atoms with Crippen LogP contribution < -0.4 is 10.5 Å². The zero-order valence-electron chi connectivity index (χ0n) is 11.8. The van der Waals surface area contributed by atoms with Gasteiger partial charge in [0, 0.05) is 17.8 Å². The van der Waals surface area contributed by atoms with Crippen molar-refractivity contribution in [3.8, 4) is 5.75 Å². The van der Waals surface area contributed by atoms with Crippen molar-refractivity contribution in [2.75, 3.05) is 25.9 Å². The Morgan fingerprint density at radius 3 is 3.05 bits per heavy atom. The number of likely N-dealkylation sites (tertiary alicyclic amines) is 1. The molecule has 1 aliphatic heterocycles. The van der Waals surface area contributed by atoms with Gasteiger partial charge in [-0.3, -0.25) is 4.79 Å². The molecule has 3 rings (SSSR count). The highest BCUT2D eigenvalue weighted by Crippen LogP contribution is 2.40. The number of rotatable bonds is 2. The average molecular weight is 306 g/mol. The summed E-state index contributed by atoms with van der Waals surface area (Å²) >= 11 is 1.38. The van der Waals surface area contributed by atoms with E-state index in [1.54, 1.807) is 12.0 Å². The van der Waals surface area contributed by atoms with Crippen LogP contribution in [0.25, 0.3) is 10.1 Å². The van der Waals surface area contributed by atoms with E-state index in [2.05, 4.69) is 0 Å². The number of anilines is 1. The number of aliphatic hydroxyl groups is 1. The third kappa shape index (κ3) is 2.45. The lowest BCUT2D eigenvalue weighted by atomic mass is 10.1. The highest BCUT2D eigenvalue weighted by molar-refractivity contribution is 7.21. The van der Waals surface area contributed by atoms with Crippen molar-refractivity contribution < 1.29 is 14.6 Å². The van der Waals surface area contributed by atoms with Crippen LogP contribution in [-0.2, 0) is 0 Å². The number of methoxy groups -OCH3 is 1. The van der Waals surface area contributed by atoms with Gasteiger partial charge in [-0.25, -0.2) is 0 Å². The molecule has 1 atom stereocenters. The fraction of sp³-hybridized carbons (Fsp3) is 0.400. The molecule has 2 heterocycles. The van der Waals surface area contributed by atoms with Crippen LogP contribution in [0.5, 0.6) is 5.75 Å². The van der Waals surface area contributed by atoms with Crippen LogP contribution in [0.2, 0.25) is 0 Å². The number of amides is 1. The first kappa shape index (κ1) is 14.2. The number of hydrogen-bond donors (Lipinski definition) is 2. The number of thiophene rings is 1. The van der Waals surface area contributed by atoms with Gasteiger partial charge in [0.1, 0.15) is 10.6 Å². The van der Waals surface area contributed by atoms with E-state index in [1.165, 1.54) is 11.3 Å². The van der Waals surface area contributed by atoms with E-state index in [1.807, 2.05) is 18.2 Å². The number of carbonyl (C=O) groups excluding carboxylic acids is 1. The molecular formula is C15H18N2O3S. The molecule has 112 valence electrons. The topological polar surface area (TPSA) is 75.8 Å². The number of β-amino-alcohol motifs (C(OH)–C–C–N with tert-alkyl or cyclic N) is 1. The normalized spacial score (nSPS) is 19.0. The number of nitrogen functional groups attached to an aromatic ring is 1. The molecule has 0 bridgehead atoms. The number of aliphatic hydroxyl groups excluding tert-OH is 1. The predicted octanol–water partition coefficient (Wildman–Crippen LogP) is 2.09. The van der Waals surface area contributed by atoms with Gasteiger partial charge in [0.25, 0.3) is 5.91 Å². The Morgan fingerprint density at radius 2 is 2.33 bits per heavy atom. The summed E-state index contributed by atoms with van der Waals surface area (Å²) in [5, 5.41) is 10.5. The van der Waals surface area contributed by atoms with Crippen LogP contribution in [0, 0.1) is 0 Å². The maximum absolute atomic E-state index is 12.6. The maximum Gasteiger partial charge on any atom is 0.266 e. The van der Waals surface area contributed by atoms with Crippen molar-refractivity contribution in [1.29, 1.82) is 0 Å². The van der Waals surface area contributed by atoms with Crippen LogP contribution in [0.4, 0.5) is 5.69 Å². The highest BCUT2D eigenvalue weighted by Gasteiger charge is 2.27. The van der Waals surface area contributed by atoms with E-state index < -0.39 is 6.10 Å². The molecule has 6 heteroatoms. The van der Waals surface area contributed by atoms with Crippen molar-refractivity contribution in [3.63, 3.8) is 0 Å². The molecule has 1 saturated heterocycles. The van der Waals surface area contributed by atoms with Crippen molar-refractivity contribution >= 4 is 33.0 Å². The summed E-state index contributed by atoms with van der Waals surface area (Å²) < 4.78 is 6.26. The Morgan fingerprint density at radius 1 is 1.52 bits per heavy atom. The van der Waals surface area contributed by atoms with Gasteiger partial charge in [-0.05, 0) is 25.0 Å². The summed E-state index contributed by atoms with van der Waals surface area (Å²) in [6.45, 7) is 1.05. The molecular weight excluding hydrogens is 288 g/mol. The quantitative estimate of drug-likeness (QED) is 0.891. The van der Waals surface area contributed by atoms with E-state index >= 15 is 0 Å². The van der Waals surface area contributed by atoms with E-state index in [9.17, 15) is 9.90 Å². The van der Waals surface area contributed by atoms with Gasteiger partial charge < -0.3 is 20.5 Å². The summed E-state index contributed by atoms with van der Waals surface area (Å²) in [6, 6.07) is 5.65. The molecule has 2 aromatic rings. The highest BCUT2D eigenvalue weighted by atomic mass is 32.1. The van der Waals surface area contributed by atoms with Crippen LogP contribution in [0.15, 0.2) is 18.2 Å². The minimum Gasteiger partial charge on any atom is -0.496 e. The van der Waals surface area contributed by atoms with Crippen molar-refractivity contribution in [1.82, 2.24) is 4.90 Å². The first-order valence-corrected chi connectivity index (χ1v) is 7.75. The minimum atomic E-state index is -0.437. The predicted molar refractivity (Wildman–Crippen MR) is 83.9 cm³/mol. The SMILES string of the molecule is COc1cccc2sc(C(=O)N3CCCC(O)C3)c(N)c12. The number of nitrogens with two attached hydrogens (primary N) is 1. The van der Waals surface area contributed by atoms with E-state index in [0.29, 0.717) is 29.4 Å². The van der Waals surface area contributed by atoms with Gasteiger partial charge in [0.05, 0.1) is 24.3 Å². The zero-order chi connectivity index (χ0) is 15.0. The Kier molecular flexibility index (Phi) is 3.73. The molecule has 0 radical (unpaired) electrons. The monoisotopic (exact) mass is 306 g/mol. The van der Waals surface area contributed by atoms with Crippen LogP contribution >= 0.6 is 11.3 Å². The fourth-order valence-corrected chi connectivity index (χ4v) is 3.86. The van der Waals surface area contributed by atoms with E-state index in [-0.39, 0.29) is 5.91 Å². The van der Waals surface area contributed by atoms with Gasteiger partial charge in [-0.1, -0.05) is 6.07 Å². The number of ether oxygens (including phenoxy) is 1. The first-order chi connectivity index (χ1) is 10.1. The lowest BCUT2D eigenvalue weighted by Gasteiger charge is -2.29. The molecule has 3 N–H and O–H groups in total. The average Bonchev–Trinajstić information content (AvgIpc) is 2.84. The molecule has 0 saturated carbocycles. The Bertz CT molecular complexity index is 683. The Balaban J connectivity index is 2.00. The van der Waals surface area contributed by atoms with Crippen LogP contribution in [-0.4, -0.2) is 42.2 Å². The standard InChI is InChI=1S/C15H18N2O3S/c1-20-10-5-2-6-11-12(10)13(16)14(21-11)15(19)17-7-3-4-9(18)8-17/h2,5-6,9,18H,3-4,7-8,16H2,1H3. The lowest BCUT2D eigenvalue weighted by Crippen LogP contribution is -2.42. The third-order valence-corrected chi connectivity index (χ3v) is 4.97. The van der Waals surface area contributed by atoms with Gasteiger partial charge in [0.2, 0.25) is 0 Å². The minimum absolute atomic E-state index is 0.102. The molecule has 1 aromatic heterocycles. The van der Waals surface area contributed by atoms with E-state index in [4.69, 9.17) is 10.5 Å². The molecule has 1 aromatic carbocycles. The number of nitrogens with zero attached hydrogens (tertiary/aromatic N) is 1. The van der Waals surface area contributed by atoms with Gasteiger partial charge in [-0.15, -0.1) is 11.3 Å². The van der Waals surface area contributed by atoms with Crippen molar-refractivity contribution in [2.24, 2.45) is 0 Å². The summed E-state index contributed by atoms with van der Waals surface area (Å²) in [6.07, 6.45) is 1.13. The van der Waals surface area contributed by atoms with Crippen molar-refractivity contribution in [3.05, 3.63) is 23.1 Å². The summed E-state index contributed by atoms with van der Waals surface area (Å²) in [5.74, 6) is 0.577. The molecule has 1 aliphatic rings. The van der Waals surface area contributed by atoms with Gasteiger partial charge in [0.15, 0.2) is 0 Å². The third-order valence-electron chi connectivity index (χ3n) is 3.81.